The third-order valence-electron chi connectivity index (χ3n) is 4.49. The number of rotatable bonds is 4. The van der Waals surface area contributed by atoms with Crippen LogP contribution in [-0.4, -0.2) is 72.5 Å². The third kappa shape index (κ3) is 3.51. The van der Waals surface area contributed by atoms with Crippen LogP contribution in [0.5, 0.6) is 0 Å². The normalized spacial score (nSPS) is 25.0. The van der Waals surface area contributed by atoms with Crippen molar-refractivity contribution in [3.63, 3.8) is 0 Å². The van der Waals surface area contributed by atoms with E-state index >= 15 is 0 Å². The lowest BCUT2D eigenvalue weighted by Crippen LogP contribution is -2.47. The Morgan fingerprint density at radius 2 is 2.22 bits per heavy atom. The van der Waals surface area contributed by atoms with Gasteiger partial charge in [0.05, 0.1) is 25.8 Å². The van der Waals surface area contributed by atoms with Gasteiger partial charge in [-0.1, -0.05) is 6.07 Å². The molecule has 1 N–H and O–H groups in total. The van der Waals surface area contributed by atoms with Crippen molar-refractivity contribution in [1.29, 1.82) is 0 Å². The van der Waals surface area contributed by atoms with Gasteiger partial charge in [-0.05, 0) is 11.6 Å². The fraction of sp³-hybridized carbons (Fsp3) is 0.562. The largest absolute Gasteiger partial charge is 0.378 e. The molecule has 0 bridgehead atoms. The molecule has 7 heteroatoms. The molecular formula is C16H22N4O3. The molecule has 2 amide bonds. The molecule has 124 valence electrons. The van der Waals surface area contributed by atoms with Crippen molar-refractivity contribution in [3.8, 4) is 0 Å². The lowest BCUT2D eigenvalue weighted by atomic mass is 10.0. The van der Waals surface area contributed by atoms with Crippen molar-refractivity contribution in [2.75, 3.05) is 39.9 Å². The maximum Gasteiger partial charge on any atom is 0.236 e. The van der Waals surface area contributed by atoms with Gasteiger partial charge in [0.25, 0.3) is 0 Å². The fourth-order valence-electron chi connectivity index (χ4n) is 3.20. The highest BCUT2D eigenvalue weighted by Gasteiger charge is 2.38. The van der Waals surface area contributed by atoms with E-state index in [1.807, 2.05) is 12.1 Å². The van der Waals surface area contributed by atoms with Crippen LogP contribution in [0.3, 0.4) is 0 Å². The number of aromatic nitrogens is 1. The number of ether oxygens (including phenoxy) is 1. The minimum Gasteiger partial charge on any atom is -0.378 e. The minimum atomic E-state index is -0.0892. The molecule has 0 radical (unpaired) electrons. The van der Waals surface area contributed by atoms with Gasteiger partial charge in [-0.25, -0.2) is 0 Å². The highest BCUT2D eigenvalue weighted by Crippen LogP contribution is 2.31. The summed E-state index contributed by atoms with van der Waals surface area (Å²) in [5.41, 5.74) is 0.983. The Morgan fingerprint density at radius 3 is 2.91 bits per heavy atom. The third-order valence-corrected chi connectivity index (χ3v) is 4.49. The maximum absolute atomic E-state index is 12.3. The molecule has 1 aromatic heterocycles. The number of hydrogen-bond acceptors (Lipinski definition) is 5. The number of likely N-dealkylation sites (tertiary alicyclic amines) is 1. The first-order chi connectivity index (χ1) is 11.2. The van der Waals surface area contributed by atoms with Gasteiger partial charge in [-0.3, -0.25) is 14.6 Å². The average molecular weight is 318 g/mol. The molecule has 1 aromatic rings. The minimum absolute atomic E-state index is 0.0558. The second kappa shape index (κ2) is 7.06. The Hall–Kier alpha value is -1.99. The smallest absolute Gasteiger partial charge is 0.236 e. The van der Waals surface area contributed by atoms with E-state index in [9.17, 15) is 9.59 Å². The number of carbonyl (C=O) groups excluding carboxylic acids is 2. The lowest BCUT2D eigenvalue weighted by Gasteiger charge is -2.29. The second-order valence-electron chi connectivity index (χ2n) is 5.92. The molecule has 0 saturated carbocycles. The quantitative estimate of drug-likeness (QED) is 0.832. The summed E-state index contributed by atoms with van der Waals surface area (Å²) in [7, 11) is 1.80. The van der Waals surface area contributed by atoms with E-state index in [-0.39, 0.29) is 30.4 Å². The van der Waals surface area contributed by atoms with E-state index in [2.05, 4.69) is 10.3 Å². The first-order valence-corrected chi connectivity index (χ1v) is 7.91. The van der Waals surface area contributed by atoms with Crippen molar-refractivity contribution in [3.05, 3.63) is 30.1 Å². The topological polar surface area (TPSA) is 74.8 Å². The zero-order valence-electron chi connectivity index (χ0n) is 13.3. The van der Waals surface area contributed by atoms with E-state index in [1.54, 1.807) is 29.2 Å². The molecule has 2 atom stereocenters. The predicted octanol–water partition coefficient (Wildman–Crippen LogP) is -0.198. The highest BCUT2D eigenvalue weighted by molar-refractivity contribution is 5.81. The van der Waals surface area contributed by atoms with Crippen LogP contribution in [0.2, 0.25) is 0 Å². The van der Waals surface area contributed by atoms with Crippen LogP contribution in [0.1, 0.15) is 18.0 Å². The summed E-state index contributed by atoms with van der Waals surface area (Å²) in [6.45, 7) is 2.69. The van der Waals surface area contributed by atoms with Crippen molar-refractivity contribution in [1.82, 2.24) is 20.1 Å². The van der Waals surface area contributed by atoms with Crippen molar-refractivity contribution < 1.29 is 14.3 Å². The van der Waals surface area contributed by atoms with Crippen LogP contribution in [0.4, 0.5) is 0 Å². The van der Waals surface area contributed by atoms with Gasteiger partial charge < -0.3 is 19.9 Å². The summed E-state index contributed by atoms with van der Waals surface area (Å²) >= 11 is 0. The van der Waals surface area contributed by atoms with Crippen molar-refractivity contribution in [2.45, 2.75) is 18.5 Å². The monoisotopic (exact) mass is 318 g/mol. The molecule has 23 heavy (non-hydrogen) atoms. The molecule has 7 nitrogen and oxygen atoms in total. The number of hydrogen-bond donors (Lipinski definition) is 1. The van der Waals surface area contributed by atoms with E-state index in [4.69, 9.17) is 4.74 Å². The van der Waals surface area contributed by atoms with Crippen molar-refractivity contribution >= 4 is 11.8 Å². The van der Waals surface area contributed by atoms with E-state index in [0.717, 1.165) is 5.56 Å². The van der Waals surface area contributed by atoms with Gasteiger partial charge in [-0.2, -0.15) is 0 Å². The van der Waals surface area contributed by atoms with E-state index in [0.29, 0.717) is 32.7 Å². The van der Waals surface area contributed by atoms with Gasteiger partial charge in [0.2, 0.25) is 11.8 Å². The maximum atomic E-state index is 12.3. The predicted molar refractivity (Wildman–Crippen MR) is 83.6 cm³/mol. The summed E-state index contributed by atoms with van der Waals surface area (Å²) < 4.78 is 5.26. The standard InChI is InChI=1S/C16H22N4O3/c1-19-14(21)9-13(16(19)12-3-2-4-17-10-12)18-11-15(22)20-5-7-23-8-6-20/h2-4,10,13,16,18H,5-9,11H2,1H3/t13-,16+/m1/s1. The van der Waals surface area contributed by atoms with Gasteiger partial charge in [-0.15, -0.1) is 0 Å². The SMILES string of the molecule is CN1C(=O)C[C@@H](NCC(=O)N2CCOCC2)[C@@H]1c1cccnc1. The number of amides is 2. The molecular weight excluding hydrogens is 296 g/mol. The fourth-order valence-corrected chi connectivity index (χ4v) is 3.20. The average Bonchev–Trinajstić information content (AvgIpc) is 2.88. The van der Waals surface area contributed by atoms with Crippen LogP contribution in [0.25, 0.3) is 0 Å². The number of nitrogens with one attached hydrogen (secondary N) is 1. The summed E-state index contributed by atoms with van der Waals surface area (Å²) in [5.74, 6) is 0.135. The summed E-state index contributed by atoms with van der Waals surface area (Å²) in [4.78, 5) is 32.0. The van der Waals surface area contributed by atoms with Crippen LogP contribution < -0.4 is 5.32 Å². The van der Waals surface area contributed by atoms with Gasteiger partial charge in [0.15, 0.2) is 0 Å². The van der Waals surface area contributed by atoms with Crippen LogP contribution in [0, 0.1) is 0 Å². The van der Waals surface area contributed by atoms with Gasteiger partial charge >= 0.3 is 0 Å². The lowest BCUT2D eigenvalue weighted by molar-refractivity contribution is -0.134. The Kier molecular flexibility index (Phi) is 4.88. The molecule has 3 heterocycles. The molecule has 2 aliphatic rings. The van der Waals surface area contributed by atoms with E-state index in [1.165, 1.54) is 0 Å². The zero-order chi connectivity index (χ0) is 16.2. The first kappa shape index (κ1) is 15.9. The second-order valence-corrected chi connectivity index (χ2v) is 5.92. The Labute approximate surface area is 135 Å². The first-order valence-electron chi connectivity index (χ1n) is 7.91. The molecule has 0 aliphatic carbocycles. The highest BCUT2D eigenvalue weighted by atomic mass is 16.5. The number of pyridine rings is 1. The number of morpholine rings is 1. The molecule has 0 spiro atoms. The van der Waals surface area contributed by atoms with Crippen LogP contribution in [-0.2, 0) is 14.3 Å². The number of likely N-dealkylation sites (N-methyl/N-ethyl adjacent to an activating group) is 1. The number of nitrogens with zero attached hydrogens (tertiary/aromatic N) is 3. The molecule has 2 fully saturated rings. The summed E-state index contributed by atoms with van der Waals surface area (Å²) in [6, 6.07) is 3.66. The molecule has 2 saturated heterocycles. The van der Waals surface area contributed by atoms with E-state index < -0.39 is 0 Å². The van der Waals surface area contributed by atoms with Crippen LogP contribution >= 0.6 is 0 Å². The zero-order valence-corrected chi connectivity index (χ0v) is 13.3. The number of carbonyl (C=O) groups is 2. The Morgan fingerprint density at radius 1 is 1.43 bits per heavy atom. The summed E-state index contributed by atoms with van der Waals surface area (Å²) in [5, 5.41) is 3.27. The molecule has 0 aromatic carbocycles. The molecule has 3 rings (SSSR count). The van der Waals surface area contributed by atoms with Crippen molar-refractivity contribution in [2.24, 2.45) is 0 Å². The van der Waals surface area contributed by atoms with Crippen LogP contribution in [0.15, 0.2) is 24.5 Å². The van der Waals surface area contributed by atoms with Gasteiger partial charge in [0.1, 0.15) is 0 Å². The Bertz CT molecular complexity index is 560. The molecule has 0 unspecified atom stereocenters. The Balaban J connectivity index is 1.63. The molecule has 2 aliphatic heterocycles. The summed E-state index contributed by atoms with van der Waals surface area (Å²) in [6.07, 6.45) is 3.88. The van der Waals surface area contributed by atoms with Gasteiger partial charge in [0, 0.05) is 45.0 Å².